The lowest BCUT2D eigenvalue weighted by Gasteiger charge is -2.10. The van der Waals surface area contributed by atoms with E-state index in [9.17, 15) is 4.79 Å². The zero-order chi connectivity index (χ0) is 18.6. The van der Waals surface area contributed by atoms with Crippen molar-refractivity contribution in [1.29, 1.82) is 0 Å². The van der Waals surface area contributed by atoms with Gasteiger partial charge in [-0.3, -0.25) is 4.79 Å². The molecule has 27 heavy (non-hydrogen) atoms. The van der Waals surface area contributed by atoms with Crippen molar-refractivity contribution in [2.24, 2.45) is 0 Å². The van der Waals surface area contributed by atoms with Crippen LogP contribution in [-0.4, -0.2) is 33.2 Å². The first-order valence-corrected chi connectivity index (χ1v) is 8.79. The molecule has 1 fully saturated rings. The van der Waals surface area contributed by atoms with Crippen molar-refractivity contribution in [1.82, 2.24) is 20.2 Å². The predicted octanol–water partition coefficient (Wildman–Crippen LogP) is 2.88. The molecular formula is C19H20N6O2. The topological polar surface area (TPSA) is 94.0 Å². The van der Waals surface area contributed by atoms with Gasteiger partial charge in [0.2, 0.25) is 0 Å². The highest BCUT2D eigenvalue weighted by atomic mass is 16.5. The van der Waals surface area contributed by atoms with Gasteiger partial charge in [0.25, 0.3) is 5.91 Å². The minimum Gasteiger partial charge on any atom is -0.495 e. The molecule has 3 aromatic rings. The third kappa shape index (κ3) is 3.89. The minimum atomic E-state index is -0.191. The summed E-state index contributed by atoms with van der Waals surface area (Å²) < 4.78 is 7.13. The number of ether oxygens (including phenoxy) is 1. The first-order valence-electron chi connectivity index (χ1n) is 8.79. The van der Waals surface area contributed by atoms with E-state index in [4.69, 9.17) is 4.74 Å². The number of amides is 1. The van der Waals surface area contributed by atoms with Crippen LogP contribution >= 0.6 is 0 Å². The first-order chi connectivity index (χ1) is 13.2. The van der Waals surface area contributed by atoms with Crippen LogP contribution in [0.5, 0.6) is 5.75 Å². The Morgan fingerprint density at radius 3 is 2.70 bits per heavy atom. The lowest BCUT2D eigenvalue weighted by atomic mass is 10.2. The van der Waals surface area contributed by atoms with Crippen molar-refractivity contribution >= 4 is 17.3 Å². The van der Waals surface area contributed by atoms with Gasteiger partial charge in [-0.2, -0.15) is 0 Å². The number of nitrogens with zero attached hydrogens (tertiary/aromatic N) is 4. The van der Waals surface area contributed by atoms with E-state index in [1.165, 1.54) is 0 Å². The molecule has 1 aliphatic carbocycles. The van der Waals surface area contributed by atoms with Crippen LogP contribution in [0.1, 0.15) is 35.1 Å². The lowest BCUT2D eigenvalue weighted by molar-refractivity contribution is 0.102. The summed E-state index contributed by atoms with van der Waals surface area (Å²) in [5.74, 6) is 1.25. The molecule has 0 unspecified atom stereocenters. The molecule has 1 amide bonds. The summed E-state index contributed by atoms with van der Waals surface area (Å²) in [5, 5.41) is 18.0. The van der Waals surface area contributed by atoms with Crippen molar-refractivity contribution < 1.29 is 9.53 Å². The van der Waals surface area contributed by atoms with Crippen LogP contribution in [0.15, 0.2) is 48.5 Å². The van der Waals surface area contributed by atoms with E-state index in [1.807, 2.05) is 28.9 Å². The molecule has 0 spiro atoms. The predicted molar refractivity (Wildman–Crippen MR) is 101 cm³/mol. The molecule has 8 heteroatoms. The fourth-order valence-electron chi connectivity index (χ4n) is 2.79. The van der Waals surface area contributed by atoms with E-state index in [-0.39, 0.29) is 5.91 Å². The molecule has 0 atom stereocenters. The molecule has 1 heterocycles. The monoisotopic (exact) mass is 364 g/mol. The second-order valence-electron chi connectivity index (χ2n) is 6.36. The van der Waals surface area contributed by atoms with E-state index in [1.54, 1.807) is 31.4 Å². The second-order valence-corrected chi connectivity index (χ2v) is 6.36. The maximum absolute atomic E-state index is 12.4. The maximum Gasteiger partial charge on any atom is 0.255 e. The number of tetrazole rings is 1. The van der Waals surface area contributed by atoms with E-state index in [2.05, 4.69) is 26.2 Å². The van der Waals surface area contributed by atoms with Gasteiger partial charge in [-0.15, -0.1) is 5.10 Å². The smallest absolute Gasteiger partial charge is 0.255 e. The number of methoxy groups -OCH3 is 1. The van der Waals surface area contributed by atoms with Crippen LogP contribution in [0.4, 0.5) is 11.4 Å². The Morgan fingerprint density at radius 1 is 1.19 bits per heavy atom. The zero-order valence-electron chi connectivity index (χ0n) is 14.9. The zero-order valence-corrected chi connectivity index (χ0v) is 14.9. The highest BCUT2D eigenvalue weighted by Gasteiger charge is 2.27. The van der Waals surface area contributed by atoms with E-state index < -0.39 is 0 Å². The standard InChI is InChI=1S/C19H20N6O2/c1-27-17-5-3-2-4-16(17)21-19(26)13-6-8-14(9-7-13)20-12-18-22-23-24-25(18)15-10-11-15/h2-9,15,20H,10-12H2,1H3,(H,21,26). The van der Waals surface area contributed by atoms with Crippen LogP contribution in [0.2, 0.25) is 0 Å². The Balaban J connectivity index is 1.38. The number of rotatable bonds is 7. The normalized spacial score (nSPS) is 13.2. The molecule has 138 valence electrons. The van der Waals surface area contributed by atoms with Crippen LogP contribution in [0.25, 0.3) is 0 Å². The van der Waals surface area contributed by atoms with Crippen molar-refractivity contribution in [3.05, 3.63) is 59.9 Å². The second kappa shape index (κ2) is 7.45. The Bertz CT molecular complexity index is 933. The summed E-state index contributed by atoms with van der Waals surface area (Å²) in [6, 6.07) is 15.0. The lowest BCUT2D eigenvalue weighted by Crippen LogP contribution is -2.13. The molecule has 1 aliphatic rings. The third-order valence-electron chi connectivity index (χ3n) is 4.41. The summed E-state index contributed by atoms with van der Waals surface area (Å²) in [5.41, 5.74) is 2.10. The number of carbonyl (C=O) groups excluding carboxylic acids is 1. The molecule has 1 aromatic heterocycles. The SMILES string of the molecule is COc1ccccc1NC(=O)c1ccc(NCc2nnnn2C2CC2)cc1. The molecule has 2 aromatic carbocycles. The van der Waals surface area contributed by atoms with Crippen LogP contribution in [-0.2, 0) is 6.54 Å². The average molecular weight is 364 g/mol. The van der Waals surface area contributed by atoms with Crippen molar-refractivity contribution in [2.75, 3.05) is 17.7 Å². The van der Waals surface area contributed by atoms with Crippen LogP contribution in [0, 0.1) is 0 Å². The number of carbonyl (C=O) groups is 1. The van der Waals surface area contributed by atoms with E-state index in [0.29, 0.717) is 29.6 Å². The molecule has 8 nitrogen and oxygen atoms in total. The van der Waals surface area contributed by atoms with Gasteiger partial charge in [0.15, 0.2) is 5.82 Å². The van der Waals surface area contributed by atoms with Gasteiger partial charge in [-0.05, 0) is 59.7 Å². The van der Waals surface area contributed by atoms with Gasteiger partial charge < -0.3 is 15.4 Å². The molecule has 1 saturated carbocycles. The largest absolute Gasteiger partial charge is 0.495 e. The fraction of sp³-hybridized carbons (Fsp3) is 0.263. The van der Waals surface area contributed by atoms with Gasteiger partial charge in [-0.25, -0.2) is 4.68 Å². The highest BCUT2D eigenvalue weighted by Crippen LogP contribution is 2.34. The molecular weight excluding hydrogens is 344 g/mol. The Hall–Kier alpha value is -3.42. The molecule has 2 N–H and O–H groups in total. The maximum atomic E-state index is 12.4. The van der Waals surface area contributed by atoms with Gasteiger partial charge in [0.05, 0.1) is 25.4 Å². The molecule has 0 saturated heterocycles. The van der Waals surface area contributed by atoms with Gasteiger partial charge >= 0.3 is 0 Å². The summed E-state index contributed by atoms with van der Waals surface area (Å²) in [6.45, 7) is 0.538. The third-order valence-corrected chi connectivity index (χ3v) is 4.41. The summed E-state index contributed by atoms with van der Waals surface area (Å²) in [6.07, 6.45) is 2.27. The number of aromatic nitrogens is 4. The first kappa shape index (κ1) is 17.0. The van der Waals surface area contributed by atoms with Crippen molar-refractivity contribution in [3.8, 4) is 5.75 Å². The highest BCUT2D eigenvalue weighted by molar-refractivity contribution is 6.05. The number of hydrogen-bond acceptors (Lipinski definition) is 6. The van der Waals surface area contributed by atoms with E-state index >= 15 is 0 Å². The summed E-state index contributed by atoms with van der Waals surface area (Å²) >= 11 is 0. The molecule has 0 aliphatic heterocycles. The molecule has 0 radical (unpaired) electrons. The molecule has 0 bridgehead atoms. The minimum absolute atomic E-state index is 0.191. The summed E-state index contributed by atoms with van der Waals surface area (Å²) in [4.78, 5) is 12.4. The van der Waals surface area contributed by atoms with E-state index in [0.717, 1.165) is 24.4 Å². The van der Waals surface area contributed by atoms with Crippen molar-refractivity contribution in [3.63, 3.8) is 0 Å². The number of hydrogen-bond donors (Lipinski definition) is 2. The quantitative estimate of drug-likeness (QED) is 0.669. The van der Waals surface area contributed by atoms with Gasteiger partial charge in [-0.1, -0.05) is 12.1 Å². The number of benzene rings is 2. The Kier molecular flexibility index (Phi) is 4.69. The Morgan fingerprint density at radius 2 is 1.96 bits per heavy atom. The number of nitrogens with one attached hydrogen (secondary N) is 2. The number of anilines is 2. The Labute approximate surface area is 156 Å². The average Bonchev–Trinajstić information content (AvgIpc) is 3.45. The van der Waals surface area contributed by atoms with Crippen LogP contribution in [0.3, 0.4) is 0 Å². The van der Waals surface area contributed by atoms with Crippen molar-refractivity contribution in [2.45, 2.75) is 25.4 Å². The van der Waals surface area contributed by atoms with Gasteiger partial charge in [0.1, 0.15) is 5.75 Å². The van der Waals surface area contributed by atoms with Gasteiger partial charge in [0, 0.05) is 11.3 Å². The number of para-hydroxylation sites is 2. The molecule has 4 rings (SSSR count). The fourth-order valence-corrected chi connectivity index (χ4v) is 2.79. The van der Waals surface area contributed by atoms with Crippen LogP contribution < -0.4 is 15.4 Å². The summed E-state index contributed by atoms with van der Waals surface area (Å²) in [7, 11) is 1.57.